The van der Waals surface area contributed by atoms with Crippen molar-refractivity contribution in [1.82, 2.24) is 5.32 Å². The van der Waals surface area contributed by atoms with Crippen molar-refractivity contribution < 1.29 is 24.5 Å². The predicted molar refractivity (Wildman–Crippen MR) is 250 cm³/mol. The SMILES string of the molecule is CCC/C=C\CCCCCC(CC(=O)NC(CO)C(O)CCCCCCCCCCCCCCCCC)OC(=O)CCCCCCCCCCCCCCCCCC. The number of rotatable bonds is 47. The fraction of sp³-hybridized carbons (Fsp3) is 0.923. The van der Waals surface area contributed by atoms with E-state index in [4.69, 9.17) is 4.74 Å². The Morgan fingerprint density at radius 2 is 0.862 bits per heavy atom. The molecule has 3 atom stereocenters. The van der Waals surface area contributed by atoms with E-state index in [0.29, 0.717) is 19.3 Å². The highest BCUT2D eigenvalue weighted by molar-refractivity contribution is 5.77. The molecule has 6 heteroatoms. The molecule has 0 bridgehead atoms. The fourth-order valence-corrected chi connectivity index (χ4v) is 8.14. The van der Waals surface area contributed by atoms with E-state index in [1.165, 1.54) is 173 Å². The van der Waals surface area contributed by atoms with Crippen molar-refractivity contribution in [2.75, 3.05) is 6.61 Å². The van der Waals surface area contributed by atoms with Gasteiger partial charge in [0.25, 0.3) is 0 Å². The van der Waals surface area contributed by atoms with Crippen LogP contribution in [0.1, 0.15) is 284 Å². The summed E-state index contributed by atoms with van der Waals surface area (Å²) in [5.41, 5.74) is 0. The van der Waals surface area contributed by atoms with Crippen LogP contribution >= 0.6 is 0 Å². The molecule has 344 valence electrons. The molecule has 0 saturated carbocycles. The van der Waals surface area contributed by atoms with Crippen LogP contribution < -0.4 is 5.32 Å². The summed E-state index contributed by atoms with van der Waals surface area (Å²) < 4.78 is 5.90. The molecule has 58 heavy (non-hydrogen) atoms. The Balaban J connectivity index is 4.36. The second-order valence-corrected chi connectivity index (χ2v) is 17.9. The van der Waals surface area contributed by atoms with Crippen molar-refractivity contribution in [2.45, 2.75) is 302 Å². The van der Waals surface area contributed by atoms with Crippen molar-refractivity contribution in [2.24, 2.45) is 0 Å². The second-order valence-electron chi connectivity index (χ2n) is 17.9. The number of carbonyl (C=O) groups is 2. The van der Waals surface area contributed by atoms with Gasteiger partial charge in [0.2, 0.25) is 5.91 Å². The summed E-state index contributed by atoms with van der Waals surface area (Å²) in [5.74, 6) is -0.477. The number of carbonyl (C=O) groups excluding carboxylic acids is 2. The van der Waals surface area contributed by atoms with Crippen LogP contribution in [0.15, 0.2) is 12.2 Å². The number of aliphatic hydroxyl groups is 2. The third kappa shape index (κ3) is 41.3. The molecule has 0 rings (SSSR count). The molecule has 0 aromatic rings. The van der Waals surface area contributed by atoms with E-state index in [-0.39, 0.29) is 24.9 Å². The zero-order chi connectivity index (χ0) is 42.4. The molecule has 0 aliphatic carbocycles. The van der Waals surface area contributed by atoms with Gasteiger partial charge in [-0.2, -0.15) is 0 Å². The average Bonchev–Trinajstić information content (AvgIpc) is 3.22. The van der Waals surface area contributed by atoms with Crippen molar-refractivity contribution in [1.29, 1.82) is 0 Å². The van der Waals surface area contributed by atoms with E-state index in [9.17, 15) is 19.8 Å². The minimum atomic E-state index is -0.785. The Hall–Kier alpha value is -1.40. The van der Waals surface area contributed by atoms with E-state index in [2.05, 4.69) is 38.2 Å². The topological polar surface area (TPSA) is 95.9 Å². The zero-order valence-electron chi connectivity index (χ0n) is 39.2. The first-order valence-corrected chi connectivity index (χ1v) is 25.9. The molecular weight excluding hydrogens is 719 g/mol. The van der Waals surface area contributed by atoms with Crippen LogP contribution in [-0.4, -0.2) is 46.9 Å². The molecule has 3 N–H and O–H groups in total. The minimum Gasteiger partial charge on any atom is -0.462 e. The maximum absolute atomic E-state index is 13.1. The lowest BCUT2D eigenvalue weighted by Crippen LogP contribution is -2.46. The van der Waals surface area contributed by atoms with Gasteiger partial charge in [-0.1, -0.05) is 238 Å². The molecule has 0 heterocycles. The molecule has 0 aromatic carbocycles. The van der Waals surface area contributed by atoms with E-state index in [1.54, 1.807) is 0 Å². The van der Waals surface area contributed by atoms with E-state index in [1.807, 2.05) is 0 Å². The first-order valence-electron chi connectivity index (χ1n) is 25.9. The van der Waals surface area contributed by atoms with Gasteiger partial charge in [0.1, 0.15) is 6.10 Å². The van der Waals surface area contributed by atoms with Crippen molar-refractivity contribution in [3.63, 3.8) is 0 Å². The summed E-state index contributed by atoms with van der Waals surface area (Å²) in [6, 6.07) is -0.699. The van der Waals surface area contributed by atoms with Gasteiger partial charge in [-0.15, -0.1) is 0 Å². The summed E-state index contributed by atoms with van der Waals surface area (Å²) in [6.07, 6.45) is 51.4. The first-order chi connectivity index (χ1) is 28.5. The van der Waals surface area contributed by atoms with Crippen LogP contribution in [-0.2, 0) is 14.3 Å². The van der Waals surface area contributed by atoms with Gasteiger partial charge in [0, 0.05) is 6.42 Å². The first kappa shape index (κ1) is 56.6. The third-order valence-corrected chi connectivity index (χ3v) is 12.1. The van der Waals surface area contributed by atoms with E-state index in [0.717, 1.165) is 64.2 Å². The Morgan fingerprint density at radius 1 is 0.483 bits per heavy atom. The smallest absolute Gasteiger partial charge is 0.306 e. The van der Waals surface area contributed by atoms with E-state index >= 15 is 0 Å². The standard InChI is InChI=1S/C52H101NO5/c1-4-7-10-13-16-19-21-23-25-27-29-31-33-36-39-42-45-52(57)58-48(43-40-37-34-18-15-12-9-6-3)46-51(56)53-49(47-54)50(55)44-41-38-35-32-30-28-26-24-22-20-17-14-11-8-5-2/h12,15,48-50,54-55H,4-11,13-14,16-47H2,1-3H3,(H,53,56)/b15-12-. The largest absolute Gasteiger partial charge is 0.462 e. The molecule has 0 radical (unpaired) electrons. The van der Waals surface area contributed by atoms with Crippen LogP contribution in [0.3, 0.4) is 0 Å². The summed E-state index contributed by atoms with van der Waals surface area (Å²) in [5, 5.41) is 23.7. The number of allylic oxidation sites excluding steroid dienone is 2. The normalized spacial score (nSPS) is 13.3. The molecule has 1 amide bonds. The lowest BCUT2D eigenvalue weighted by Gasteiger charge is -2.24. The highest BCUT2D eigenvalue weighted by atomic mass is 16.5. The van der Waals surface area contributed by atoms with Crippen LogP contribution in [0.5, 0.6) is 0 Å². The third-order valence-electron chi connectivity index (χ3n) is 12.1. The minimum absolute atomic E-state index is 0.0727. The average molecular weight is 820 g/mol. The van der Waals surface area contributed by atoms with Crippen molar-refractivity contribution >= 4 is 11.9 Å². The molecule has 0 aromatic heterocycles. The number of nitrogens with one attached hydrogen (secondary N) is 1. The monoisotopic (exact) mass is 820 g/mol. The maximum atomic E-state index is 13.1. The van der Waals surface area contributed by atoms with Crippen LogP contribution in [0, 0.1) is 0 Å². The fourth-order valence-electron chi connectivity index (χ4n) is 8.14. The predicted octanol–water partition coefficient (Wildman–Crippen LogP) is 15.3. The number of amides is 1. The number of hydrogen-bond donors (Lipinski definition) is 3. The lowest BCUT2D eigenvalue weighted by molar-refractivity contribution is -0.151. The number of hydrogen-bond acceptors (Lipinski definition) is 5. The number of esters is 1. The summed E-state index contributed by atoms with van der Waals surface area (Å²) >= 11 is 0. The highest BCUT2D eigenvalue weighted by Gasteiger charge is 2.24. The Kier molecular flexibility index (Phi) is 45.5. The van der Waals surface area contributed by atoms with Gasteiger partial charge in [-0.3, -0.25) is 9.59 Å². The van der Waals surface area contributed by atoms with Gasteiger partial charge in [0.15, 0.2) is 0 Å². The maximum Gasteiger partial charge on any atom is 0.306 e. The van der Waals surface area contributed by atoms with Gasteiger partial charge in [-0.05, 0) is 44.9 Å². The molecular formula is C52H101NO5. The molecule has 3 unspecified atom stereocenters. The van der Waals surface area contributed by atoms with Gasteiger partial charge >= 0.3 is 5.97 Å². The molecule has 0 saturated heterocycles. The van der Waals surface area contributed by atoms with Crippen LogP contribution in [0.25, 0.3) is 0 Å². The second kappa shape index (κ2) is 46.7. The summed E-state index contributed by atoms with van der Waals surface area (Å²) in [4.78, 5) is 26.0. The number of aliphatic hydroxyl groups excluding tert-OH is 2. The highest BCUT2D eigenvalue weighted by Crippen LogP contribution is 2.18. The van der Waals surface area contributed by atoms with Gasteiger partial charge in [-0.25, -0.2) is 0 Å². The van der Waals surface area contributed by atoms with Crippen LogP contribution in [0.2, 0.25) is 0 Å². The van der Waals surface area contributed by atoms with Gasteiger partial charge < -0.3 is 20.3 Å². The van der Waals surface area contributed by atoms with Crippen LogP contribution in [0.4, 0.5) is 0 Å². The molecule has 6 nitrogen and oxygen atoms in total. The zero-order valence-corrected chi connectivity index (χ0v) is 39.2. The lowest BCUT2D eigenvalue weighted by atomic mass is 10.0. The molecule has 0 fully saturated rings. The Morgan fingerprint density at radius 3 is 1.29 bits per heavy atom. The molecule has 0 aliphatic heterocycles. The summed E-state index contributed by atoms with van der Waals surface area (Å²) in [7, 11) is 0. The van der Waals surface area contributed by atoms with Crippen molar-refractivity contribution in [3.8, 4) is 0 Å². The van der Waals surface area contributed by atoms with E-state index < -0.39 is 18.2 Å². The quantitative estimate of drug-likeness (QED) is 0.0323. The summed E-state index contributed by atoms with van der Waals surface area (Å²) in [6.45, 7) is 6.43. The number of unbranched alkanes of at least 4 members (excludes halogenated alkanes) is 33. The number of ether oxygens (including phenoxy) is 1. The van der Waals surface area contributed by atoms with Gasteiger partial charge in [0.05, 0.1) is 25.2 Å². The molecule has 0 spiro atoms. The Labute approximate surface area is 361 Å². The Bertz CT molecular complexity index is 878. The van der Waals surface area contributed by atoms with Crippen molar-refractivity contribution in [3.05, 3.63) is 12.2 Å². The molecule has 0 aliphatic rings.